The Kier molecular flexibility index (Phi) is 6.13. The van der Waals surface area contributed by atoms with Crippen molar-refractivity contribution in [3.63, 3.8) is 0 Å². The van der Waals surface area contributed by atoms with E-state index in [0.29, 0.717) is 17.7 Å². The molecule has 0 aliphatic rings. The van der Waals surface area contributed by atoms with Crippen molar-refractivity contribution in [1.82, 2.24) is 15.5 Å². The van der Waals surface area contributed by atoms with Gasteiger partial charge in [0.05, 0.1) is 11.7 Å². The molecule has 140 valence electrons. The van der Waals surface area contributed by atoms with E-state index in [0.717, 1.165) is 22.2 Å². The van der Waals surface area contributed by atoms with Gasteiger partial charge in [0.25, 0.3) is 5.91 Å². The van der Waals surface area contributed by atoms with Crippen molar-refractivity contribution in [2.24, 2.45) is 0 Å². The number of fused-ring (bicyclic) bond motifs is 1. The SMILES string of the molecule is CSCC[C@@H](NC(=O)c1cccc(C)c1)C(=O)Nc1ccc2[nH]ncc2c1. The predicted octanol–water partition coefficient (Wildman–Crippen LogP) is 3.36. The topological polar surface area (TPSA) is 86.9 Å². The molecule has 7 heteroatoms. The minimum atomic E-state index is -0.606. The minimum Gasteiger partial charge on any atom is -0.340 e. The number of benzene rings is 2. The van der Waals surface area contributed by atoms with E-state index >= 15 is 0 Å². The van der Waals surface area contributed by atoms with Gasteiger partial charge in [0.1, 0.15) is 6.04 Å². The van der Waals surface area contributed by atoms with E-state index in [-0.39, 0.29) is 11.8 Å². The van der Waals surface area contributed by atoms with E-state index in [1.807, 2.05) is 49.6 Å². The van der Waals surface area contributed by atoms with E-state index in [9.17, 15) is 9.59 Å². The summed E-state index contributed by atoms with van der Waals surface area (Å²) in [7, 11) is 0. The van der Waals surface area contributed by atoms with E-state index in [1.54, 1.807) is 24.0 Å². The number of hydrogen-bond donors (Lipinski definition) is 3. The average Bonchev–Trinajstić information content (AvgIpc) is 3.12. The van der Waals surface area contributed by atoms with Crippen LogP contribution in [-0.2, 0) is 4.79 Å². The number of nitrogens with one attached hydrogen (secondary N) is 3. The molecule has 3 aromatic rings. The summed E-state index contributed by atoms with van der Waals surface area (Å²) < 4.78 is 0. The molecule has 3 rings (SSSR count). The first-order valence-corrected chi connectivity index (χ1v) is 10.1. The molecule has 0 aliphatic heterocycles. The second-order valence-corrected chi connectivity index (χ2v) is 7.32. The molecule has 1 atom stereocenters. The zero-order valence-corrected chi connectivity index (χ0v) is 16.1. The van der Waals surface area contributed by atoms with Gasteiger partial charge < -0.3 is 10.6 Å². The van der Waals surface area contributed by atoms with Gasteiger partial charge in [0, 0.05) is 16.6 Å². The number of aromatic nitrogens is 2. The highest BCUT2D eigenvalue weighted by atomic mass is 32.2. The maximum absolute atomic E-state index is 12.8. The van der Waals surface area contributed by atoms with E-state index in [1.165, 1.54) is 0 Å². The quantitative estimate of drug-likeness (QED) is 0.585. The molecule has 27 heavy (non-hydrogen) atoms. The van der Waals surface area contributed by atoms with Crippen LogP contribution in [0.2, 0.25) is 0 Å². The lowest BCUT2D eigenvalue weighted by atomic mass is 10.1. The predicted molar refractivity (Wildman–Crippen MR) is 110 cm³/mol. The smallest absolute Gasteiger partial charge is 0.251 e. The number of hydrogen-bond acceptors (Lipinski definition) is 4. The standard InChI is InChI=1S/C20H22N4O2S/c1-13-4-3-5-14(10-13)19(25)23-18(8-9-27-2)20(26)22-16-6-7-17-15(11-16)12-21-24-17/h3-7,10-12,18H,8-9H2,1-2H3,(H,21,24)(H,22,26)(H,23,25)/t18-/m1/s1. The molecular formula is C20H22N4O2S. The summed E-state index contributed by atoms with van der Waals surface area (Å²) in [6.45, 7) is 1.93. The van der Waals surface area contributed by atoms with Crippen LogP contribution in [0.4, 0.5) is 5.69 Å². The molecule has 2 aromatic carbocycles. The Labute approximate surface area is 162 Å². The Bertz CT molecular complexity index is 954. The van der Waals surface area contributed by atoms with Crippen LogP contribution in [0.25, 0.3) is 10.9 Å². The molecular weight excluding hydrogens is 360 g/mol. The third-order valence-electron chi connectivity index (χ3n) is 4.22. The molecule has 0 aliphatic carbocycles. The number of aromatic amines is 1. The number of H-pyrrole nitrogens is 1. The third kappa shape index (κ3) is 4.89. The van der Waals surface area contributed by atoms with Crippen LogP contribution in [0.3, 0.4) is 0 Å². The summed E-state index contributed by atoms with van der Waals surface area (Å²) >= 11 is 1.64. The largest absolute Gasteiger partial charge is 0.340 e. The molecule has 0 saturated carbocycles. The first kappa shape index (κ1) is 19.0. The highest BCUT2D eigenvalue weighted by Crippen LogP contribution is 2.17. The molecule has 1 aromatic heterocycles. The Morgan fingerprint density at radius 1 is 1.22 bits per heavy atom. The van der Waals surface area contributed by atoms with Gasteiger partial charge in [-0.05, 0) is 55.7 Å². The fourth-order valence-electron chi connectivity index (χ4n) is 2.78. The zero-order chi connectivity index (χ0) is 19.2. The van der Waals surface area contributed by atoms with Crippen LogP contribution in [-0.4, -0.2) is 40.1 Å². The third-order valence-corrected chi connectivity index (χ3v) is 4.86. The highest BCUT2D eigenvalue weighted by molar-refractivity contribution is 7.98. The molecule has 3 N–H and O–H groups in total. The maximum Gasteiger partial charge on any atom is 0.251 e. The summed E-state index contributed by atoms with van der Waals surface area (Å²) in [6.07, 6.45) is 4.23. The summed E-state index contributed by atoms with van der Waals surface area (Å²) in [6, 6.07) is 12.2. The molecule has 0 radical (unpaired) electrons. The van der Waals surface area contributed by atoms with E-state index in [4.69, 9.17) is 0 Å². The van der Waals surface area contributed by atoms with Gasteiger partial charge in [-0.15, -0.1) is 0 Å². The van der Waals surface area contributed by atoms with Crippen molar-refractivity contribution in [2.45, 2.75) is 19.4 Å². The van der Waals surface area contributed by atoms with E-state index < -0.39 is 6.04 Å². The van der Waals surface area contributed by atoms with Crippen LogP contribution in [0.1, 0.15) is 22.3 Å². The summed E-state index contributed by atoms with van der Waals surface area (Å²) in [5, 5.41) is 13.5. The number of anilines is 1. The van der Waals surface area contributed by atoms with Crippen molar-refractivity contribution in [1.29, 1.82) is 0 Å². The lowest BCUT2D eigenvalue weighted by Crippen LogP contribution is -2.44. The summed E-state index contributed by atoms with van der Waals surface area (Å²) in [4.78, 5) is 25.3. The van der Waals surface area contributed by atoms with Crippen LogP contribution < -0.4 is 10.6 Å². The number of rotatable bonds is 7. The first-order chi connectivity index (χ1) is 13.1. The molecule has 0 bridgehead atoms. The second kappa shape index (κ2) is 8.73. The van der Waals surface area contributed by atoms with Crippen LogP contribution in [0.5, 0.6) is 0 Å². The number of nitrogens with zero attached hydrogens (tertiary/aromatic N) is 1. The Morgan fingerprint density at radius 2 is 2.07 bits per heavy atom. The minimum absolute atomic E-state index is 0.229. The number of carbonyl (C=O) groups is 2. The lowest BCUT2D eigenvalue weighted by Gasteiger charge is -2.18. The fraction of sp³-hybridized carbons (Fsp3) is 0.250. The number of aryl methyl sites for hydroxylation is 1. The average molecular weight is 382 g/mol. The number of carbonyl (C=O) groups excluding carboxylic acids is 2. The normalized spacial score (nSPS) is 11.9. The molecule has 1 heterocycles. The fourth-order valence-corrected chi connectivity index (χ4v) is 3.25. The number of amides is 2. The van der Waals surface area contributed by atoms with Crippen molar-refractivity contribution < 1.29 is 9.59 Å². The highest BCUT2D eigenvalue weighted by Gasteiger charge is 2.21. The lowest BCUT2D eigenvalue weighted by molar-refractivity contribution is -0.118. The second-order valence-electron chi connectivity index (χ2n) is 6.34. The van der Waals surface area contributed by atoms with Gasteiger partial charge in [0.2, 0.25) is 5.91 Å². The van der Waals surface area contributed by atoms with Crippen molar-refractivity contribution in [2.75, 3.05) is 17.3 Å². The Balaban J connectivity index is 1.72. The van der Waals surface area contributed by atoms with Crippen molar-refractivity contribution in [3.8, 4) is 0 Å². The molecule has 2 amide bonds. The van der Waals surface area contributed by atoms with Crippen LogP contribution >= 0.6 is 11.8 Å². The van der Waals surface area contributed by atoms with Gasteiger partial charge in [-0.2, -0.15) is 16.9 Å². The van der Waals surface area contributed by atoms with Crippen LogP contribution in [0.15, 0.2) is 48.7 Å². The van der Waals surface area contributed by atoms with Gasteiger partial charge >= 0.3 is 0 Å². The van der Waals surface area contributed by atoms with Gasteiger partial charge in [-0.3, -0.25) is 14.7 Å². The van der Waals surface area contributed by atoms with Crippen molar-refractivity contribution >= 4 is 40.2 Å². The Hall–Kier alpha value is -2.80. The summed E-state index contributed by atoms with van der Waals surface area (Å²) in [5.74, 6) is 0.297. The van der Waals surface area contributed by atoms with Gasteiger partial charge in [-0.25, -0.2) is 0 Å². The van der Waals surface area contributed by atoms with Crippen LogP contribution in [0, 0.1) is 6.92 Å². The number of thioether (sulfide) groups is 1. The summed E-state index contributed by atoms with van der Waals surface area (Å²) in [5.41, 5.74) is 3.13. The van der Waals surface area contributed by atoms with Gasteiger partial charge in [-0.1, -0.05) is 17.7 Å². The molecule has 0 spiro atoms. The molecule has 0 saturated heterocycles. The first-order valence-electron chi connectivity index (χ1n) is 8.67. The van der Waals surface area contributed by atoms with Crippen molar-refractivity contribution in [3.05, 3.63) is 59.8 Å². The maximum atomic E-state index is 12.8. The monoisotopic (exact) mass is 382 g/mol. The molecule has 0 unspecified atom stereocenters. The zero-order valence-electron chi connectivity index (χ0n) is 15.3. The van der Waals surface area contributed by atoms with E-state index in [2.05, 4.69) is 20.8 Å². The Morgan fingerprint density at radius 3 is 2.85 bits per heavy atom. The molecule has 6 nitrogen and oxygen atoms in total. The molecule has 0 fully saturated rings. The van der Waals surface area contributed by atoms with Gasteiger partial charge in [0.15, 0.2) is 0 Å².